The number of ether oxygens (including phenoxy) is 1. The summed E-state index contributed by atoms with van der Waals surface area (Å²) in [7, 11) is 1.55. The van der Waals surface area contributed by atoms with Crippen molar-refractivity contribution in [2.75, 3.05) is 30.8 Å². The van der Waals surface area contributed by atoms with E-state index in [1.807, 2.05) is 0 Å². The van der Waals surface area contributed by atoms with E-state index in [-0.39, 0.29) is 17.8 Å². The molecule has 1 fully saturated rings. The van der Waals surface area contributed by atoms with E-state index in [1.165, 1.54) is 11.3 Å². The van der Waals surface area contributed by atoms with Gasteiger partial charge in [0.05, 0.1) is 17.3 Å². The molecule has 1 atom stereocenters. The standard InChI is InChI=1S/C18H19F3N6OS/c1-28-11-4-5-13-14(7-11)29-17(25-13)27-15-12(18(19,20)21)9-23-16(26-15)24-10-3-2-6-22-8-10/h4-5,7,9-10,22H,2-3,6,8H2,1H3,(H2,23,24,25,26,27)/t10-/m0/s1. The van der Waals surface area contributed by atoms with E-state index in [0.717, 1.165) is 30.3 Å². The van der Waals surface area contributed by atoms with E-state index < -0.39 is 11.7 Å². The molecule has 3 heterocycles. The molecule has 3 N–H and O–H groups in total. The molecule has 0 saturated carbocycles. The van der Waals surface area contributed by atoms with Crippen molar-refractivity contribution in [3.05, 3.63) is 30.0 Å². The molecule has 0 aliphatic carbocycles. The molecule has 1 saturated heterocycles. The number of piperidine rings is 1. The van der Waals surface area contributed by atoms with Crippen molar-refractivity contribution >= 4 is 38.5 Å². The van der Waals surface area contributed by atoms with Crippen LogP contribution in [0.2, 0.25) is 0 Å². The number of hydrogen-bond acceptors (Lipinski definition) is 8. The van der Waals surface area contributed by atoms with Crippen molar-refractivity contribution in [1.82, 2.24) is 20.3 Å². The van der Waals surface area contributed by atoms with Crippen molar-refractivity contribution < 1.29 is 17.9 Å². The van der Waals surface area contributed by atoms with Crippen molar-refractivity contribution in [2.45, 2.75) is 25.1 Å². The number of halogens is 3. The molecule has 3 aromatic rings. The Morgan fingerprint density at radius 3 is 2.86 bits per heavy atom. The van der Waals surface area contributed by atoms with Crippen molar-refractivity contribution in [3.63, 3.8) is 0 Å². The zero-order valence-electron chi connectivity index (χ0n) is 15.5. The fourth-order valence-corrected chi connectivity index (χ4v) is 3.99. The number of benzene rings is 1. The van der Waals surface area contributed by atoms with Crippen LogP contribution in [0.15, 0.2) is 24.4 Å². The van der Waals surface area contributed by atoms with Crippen LogP contribution >= 0.6 is 11.3 Å². The van der Waals surface area contributed by atoms with Crippen LogP contribution in [-0.2, 0) is 6.18 Å². The van der Waals surface area contributed by atoms with Gasteiger partial charge >= 0.3 is 6.18 Å². The second-order valence-corrected chi connectivity index (χ2v) is 7.65. The molecule has 4 rings (SSSR count). The van der Waals surface area contributed by atoms with Crippen LogP contribution in [0.4, 0.5) is 30.1 Å². The van der Waals surface area contributed by atoms with Gasteiger partial charge in [0, 0.05) is 18.8 Å². The summed E-state index contributed by atoms with van der Waals surface area (Å²) in [6.45, 7) is 1.65. The molecular weight excluding hydrogens is 405 g/mol. The van der Waals surface area contributed by atoms with Crippen LogP contribution < -0.4 is 20.7 Å². The number of hydrogen-bond donors (Lipinski definition) is 3. The third-order valence-electron chi connectivity index (χ3n) is 4.55. The molecule has 2 aromatic heterocycles. The van der Waals surface area contributed by atoms with E-state index in [9.17, 15) is 13.2 Å². The predicted molar refractivity (Wildman–Crippen MR) is 106 cm³/mol. The first-order valence-electron chi connectivity index (χ1n) is 9.05. The number of fused-ring (bicyclic) bond motifs is 1. The SMILES string of the molecule is COc1ccc2nc(Nc3nc(N[C@H]4CCCNC4)ncc3C(F)(F)F)sc2c1. The van der Waals surface area contributed by atoms with Gasteiger partial charge in [0.15, 0.2) is 5.13 Å². The lowest BCUT2D eigenvalue weighted by Gasteiger charge is -2.24. The topological polar surface area (TPSA) is 84.0 Å². The van der Waals surface area contributed by atoms with Gasteiger partial charge in [-0.3, -0.25) is 0 Å². The largest absolute Gasteiger partial charge is 0.497 e. The van der Waals surface area contributed by atoms with Crippen LogP contribution in [0.1, 0.15) is 18.4 Å². The molecule has 7 nitrogen and oxygen atoms in total. The summed E-state index contributed by atoms with van der Waals surface area (Å²) in [6.07, 6.45) is -1.91. The third-order valence-corrected chi connectivity index (χ3v) is 5.48. The van der Waals surface area contributed by atoms with Gasteiger partial charge in [-0.2, -0.15) is 18.2 Å². The molecule has 0 unspecified atom stereocenters. The fourth-order valence-electron chi connectivity index (χ4n) is 3.10. The van der Waals surface area contributed by atoms with Crippen LogP contribution in [0, 0.1) is 0 Å². The van der Waals surface area contributed by atoms with Crippen molar-refractivity contribution in [2.24, 2.45) is 0 Å². The Labute approximate surface area is 168 Å². The van der Waals surface area contributed by atoms with Gasteiger partial charge < -0.3 is 20.7 Å². The van der Waals surface area contributed by atoms with Gasteiger partial charge in [0.2, 0.25) is 5.95 Å². The molecular formula is C18H19F3N6OS. The van der Waals surface area contributed by atoms with Crippen LogP contribution in [0.3, 0.4) is 0 Å². The monoisotopic (exact) mass is 424 g/mol. The maximum atomic E-state index is 13.5. The second-order valence-electron chi connectivity index (χ2n) is 6.62. The summed E-state index contributed by atoms with van der Waals surface area (Å²) in [5.74, 6) is 0.472. The molecule has 1 aromatic carbocycles. The highest BCUT2D eigenvalue weighted by Gasteiger charge is 2.35. The number of anilines is 3. The van der Waals surface area contributed by atoms with Gasteiger partial charge in [0.25, 0.3) is 0 Å². The molecule has 0 amide bonds. The average Bonchev–Trinajstić information content (AvgIpc) is 3.09. The van der Waals surface area contributed by atoms with Gasteiger partial charge in [-0.1, -0.05) is 11.3 Å². The summed E-state index contributed by atoms with van der Waals surface area (Å²) < 4.78 is 46.4. The smallest absolute Gasteiger partial charge is 0.421 e. The quantitative estimate of drug-likeness (QED) is 0.571. The van der Waals surface area contributed by atoms with Crippen molar-refractivity contribution in [1.29, 1.82) is 0 Å². The highest BCUT2D eigenvalue weighted by Crippen LogP contribution is 2.37. The number of thiazole rings is 1. The number of nitrogens with one attached hydrogen (secondary N) is 3. The van der Waals surface area contributed by atoms with Crippen LogP contribution in [-0.4, -0.2) is 41.2 Å². The first-order valence-corrected chi connectivity index (χ1v) is 9.87. The molecule has 1 aliphatic rings. The molecule has 0 bridgehead atoms. The third kappa shape index (κ3) is 4.51. The highest BCUT2D eigenvalue weighted by molar-refractivity contribution is 7.22. The summed E-state index contributed by atoms with van der Waals surface area (Å²) >= 11 is 1.22. The van der Waals surface area contributed by atoms with Gasteiger partial charge in [-0.25, -0.2) is 9.97 Å². The summed E-state index contributed by atoms with van der Waals surface area (Å²) in [5, 5.41) is 9.37. The highest BCUT2D eigenvalue weighted by atomic mass is 32.1. The Kier molecular flexibility index (Phi) is 5.41. The molecule has 154 valence electrons. The fraction of sp³-hybridized carbons (Fsp3) is 0.389. The summed E-state index contributed by atoms with van der Waals surface area (Å²) in [5.41, 5.74) is -0.283. The van der Waals surface area contributed by atoms with Gasteiger partial charge in [-0.05, 0) is 37.6 Å². The minimum absolute atomic E-state index is 0.0725. The molecule has 29 heavy (non-hydrogen) atoms. The number of nitrogens with zero attached hydrogens (tertiary/aromatic N) is 3. The maximum Gasteiger partial charge on any atom is 0.421 e. The average molecular weight is 424 g/mol. The number of rotatable bonds is 5. The Morgan fingerprint density at radius 1 is 1.28 bits per heavy atom. The molecule has 0 radical (unpaired) electrons. The zero-order valence-corrected chi connectivity index (χ0v) is 16.3. The van der Waals surface area contributed by atoms with Crippen LogP contribution in [0.25, 0.3) is 10.2 Å². The first-order chi connectivity index (χ1) is 13.9. The predicted octanol–water partition coefficient (Wildman–Crippen LogP) is 4.02. The molecule has 0 spiro atoms. The Morgan fingerprint density at radius 2 is 2.14 bits per heavy atom. The Bertz CT molecular complexity index is 1000. The Hall–Kier alpha value is -2.66. The summed E-state index contributed by atoms with van der Waals surface area (Å²) in [6, 6.07) is 5.36. The number of methoxy groups -OCH3 is 1. The van der Waals surface area contributed by atoms with Crippen LogP contribution in [0.5, 0.6) is 5.75 Å². The minimum atomic E-state index is -4.59. The Balaban J connectivity index is 1.63. The van der Waals surface area contributed by atoms with E-state index in [2.05, 4.69) is 30.9 Å². The normalized spacial score (nSPS) is 17.3. The lowest BCUT2D eigenvalue weighted by Crippen LogP contribution is -2.38. The van der Waals surface area contributed by atoms with Gasteiger partial charge in [-0.15, -0.1) is 0 Å². The van der Waals surface area contributed by atoms with E-state index >= 15 is 0 Å². The lowest BCUT2D eigenvalue weighted by molar-refractivity contribution is -0.137. The molecule has 11 heteroatoms. The number of aromatic nitrogens is 3. The maximum absolute atomic E-state index is 13.5. The summed E-state index contributed by atoms with van der Waals surface area (Å²) in [4.78, 5) is 12.3. The lowest BCUT2D eigenvalue weighted by atomic mass is 10.1. The minimum Gasteiger partial charge on any atom is -0.497 e. The van der Waals surface area contributed by atoms with E-state index in [0.29, 0.717) is 22.9 Å². The van der Waals surface area contributed by atoms with E-state index in [1.54, 1.807) is 25.3 Å². The zero-order chi connectivity index (χ0) is 20.4. The van der Waals surface area contributed by atoms with E-state index in [4.69, 9.17) is 4.74 Å². The first kappa shape index (κ1) is 19.6. The van der Waals surface area contributed by atoms with Gasteiger partial charge in [0.1, 0.15) is 17.1 Å². The molecule has 1 aliphatic heterocycles. The second kappa shape index (κ2) is 7.99. The van der Waals surface area contributed by atoms with Crippen molar-refractivity contribution in [3.8, 4) is 5.75 Å². The number of alkyl halides is 3.